The van der Waals surface area contributed by atoms with Crippen molar-refractivity contribution in [3.63, 3.8) is 0 Å². The van der Waals surface area contributed by atoms with E-state index in [-0.39, 0.29) is 16.7 Å². The van der Waals surface area contributed by atoms with Crippen molar-refractivity contribution in [1.29, 1.82) is 0 Å². The van der Waals surface area contributed by atoms with Crippen LogP contribution in [0.15, 0.2) is 78.0 Å². The maximum Gasteiger partial charge on any atom is 0.319 e. The van der Waals surface area contributed by atoms with E-state index in [9.17, 15) is 13.2 Å². The molecule has 0 aliphatic rings. The molecule has 0 saturated carbocycles. The van der Waals surface area contributed by atoms with Gasteiger partial charge in [-0.25, -0.2) is 13.2 Å². The number of aryl methyl sites for hydroxylation is 1. The molecule has 1 heterocycles. The Morgan fingerprint density at radius 1 is 0.966 bits per heavy atom. The van der Waals surface area contributed by atoms with E-state index >= 15 is 0 Å². The van der Waals surface area contributed by atoms with E-state index in [2.05, 4.69) is 15.6 Å². The first kappa shape index (κ1) is 20.5. The summed E-state index contributed by atoms with van der Waals surface area (Å²) in [4.78, 5) is 16.2. The molecule has 2 aromatic carbocycles. The molecule has 0 unspecified atom stereocenters. The summed E-state index contributed by atoms with van der Waals surface area (Å²) in [6.45, 7) is 2.36. The quantitative estimate of drug-likeness (QED) is 0.619. The number of sulfone groups is 1. The molecular formula is C22H23N3O3S. The third kappa shape index (κ3) is 5.65. The van der Waals surface area contributed by atoms with Crippen LogP contribution in [0.4, 0.5) is 10.5 Å². The summed E-state index contributed by atoms with van der Waals surface area (Å²) in [5.74, 6) is -0.0462. The number of aromatic nitrogens is 1. The van der Waals surface area contributed by atoms with Gasteiger partial charge in [0.1, 0.15) is 0 Å². The van der Waals surface area contributed by atoms with Gasteiger partial charge in [0.05, 0.1) is 10.6 Å². The summed E-state index contributed by atoms with van der Waals surface area (Å²) in [5, 5.41) is 5.42. The highest BCUT2D eigenvalue weighted by Crippen LogP contribution is 2.21. The first-order valence-electron chi connectivity index (χ1n) is 9.31. The van der Waals surface area contributed by atoms with Gasteiger partial charge in [0.25, 0.3) is 0 Å². The van der Waals surface area contributed by atoms with E-state index in [1.165, 1.54) is 12.1 Å². The number of anilines is 1. The summed E-state index contributed by atoms with van der Waals surface area (Å²) in [5.41, 5.74) is 3.24. The van der Waals surface area contributed by atoms with Crippen LogP contribution in [-0.2, 0) is 28.6 Å². The molecule has 29 heavy (non-hydrogen) atoms. The fourth-order valence-corrected chi connectivity index (χ4v) is 4.35. The number of carbonyl (C=O) groups excluding carboxylic acids is 1. The van der Waals surface area contributed by atoms with Gasteiger partial charge in [-0.1, -0.05) is 37.3 Å². The molecule has 0 fully saturated rings. The summed E-state index contributed by atoms with van der Waals surface area (Å²) >= 11 is 0. The fraction of sp³-hybridized carbons (Fsp3) is 0.182. The smallest absolute Gasteiger partial charge is 0.319 e. The Labute approximate surface area is 170 Å². The van der Waals surface area contributed by atoms with Crippen LogP contribution < -0.4 is 10.6 Å². The molecule has 0 aliphatic heterocycles. The van der Waals surface area contributed by atoms with Crippen LogP contribution in [-0.4, -0.2) is 19.4 Å². The minimum atomic E-state index is -3.47. The summed E-state index contributed by atoms with van der Waals surface area (Å²) in [6, 6.07) is 17.0. The highest BCUT2D eigenvalue weighted by Gasteiger charge is 2.17. The number of nitrogens with one attached hydrogen (secondary N) is 2. The topological polar surface area (TPSA) is 88.2 Å². The van der Waals surface area contributed by atoms with Gasteiger partial charge >= 0.3 is 6.03 Å². The van der Waals surface area contributed by atoms with Crippen molar-refractivity contribution < 1.29 is 13.2 Å². The van der Waals surface area contributed by atoms with Gasteiger partial charge in [-0.3, -0.25) is 4.98 Å². The summed E-state index contributed by atoms with van der Waals surface area (Å²) < 4.78 is 25.5. The first-order valence-corrected chi connectivity index (χ1v) is 11.0. The second-order valence-electron chi connectivity index (χ2n) is 6.57. The molecular weight excluding hydrogens is 386 g/mol. The highest BCUT2D eigenvalue weighted by molar-refractivity contribution is 7.90. The molecule has 1 aromatic heterocycles. The van der Waals surface area contributed by atoms with E-state index in [0.717, 1.165) is 23.1 Å². The minimum Gasteiger partial charge on any atom is -0.334 e. The Balaban J connectivity index is 1.62. The SMILES string of the molecule is CCc1ccccc1CS(=O)(=O)c1ccc(NC(=O)NCc2cccnc2)cc1. The van der Waals surface area contributed by atoms with Crippen molar-refractivity contribution in [2.45, 2.75) is 30.5 Å². The number of hydrogen-bond acceptors (Lipinski definition) is 4. The maximum atomic E-state index is 12.8. The second kappa shape index (κ2) is 9.34. The monoisotopic (exact) mass is 409 g/mol. The average molecular weight is 410 g/mol. The lowest BCUT2D eigenvalue weighted by atomic mass is 10.1. The molecule has 2 N–H and O–H groups in total. The van der Waals surface area contributed by atoms with Gasteiger partial charge in [0, 0.05) is 24.6 Å². The van der Waals surface area contributed by atoms with Gasteiger partial charge in [-0.15, -0.1) is 0 Å². The number of hydrogen-bond donors (Lipinski definition) is 2. The third-order valence-corrected chi connectivity index (χ3v) is 6.17. The molecule has 0 bridgehead atoms. The number of pyridine rings is 1. The highest BCUT2D eigenvalue weighted by atomic mass is 32.2. The molecule has 150 valence electrons. The summed E-state index contributed by atoms with van der Waals surface area (Å²) in [7, 11) is -3.47. The van der Waals surface area contributed by atoms with Gasteiger partial charge in [-0.05, 0) is 53.4 Å². The van der Waals surface area contributed by atoms with Crippen LogP contribution in [0.3, 0.4) is 0 Å². The minimum absolute atomic E-state index is 0.0462. The molecule has 2 amide bonds. The predicted octanol–water partition coefficient (Wildman–Crippen LogP) is 3.94. The van der Waals surface area contributed by atoms with E-state index in [0.29, 0.717) is 12.2 Å². The van der Waals surface area contributed by atoms with E-state index in [1.807, 2.05) is 37.3 Å². The van der Waals surface area contributed by atoms with Crippen molar-refractivity contribution >= 4 is 21.6 Å². The zero-order valence-corrected chi connectivity index (χ0v) is 16.9. The zero-order valence-electron chi connectivity index (χ0n) is 16.1. The first-order chi connectivity index (χ1) is 14.0. The van der Waals surface area contributed by atoms with Gasteiger partial charge in [-0.2, -0.15) is 0 Å². The fourth-order valence-electron chi connectivity index (χ4n) is 2.94. The van der Waals surface area contributed by atoms with Crippen LogP contribution in [0.1, 0.15) is 23.6 Å². The third-order valence-electron chi connectivity index (χ3n) is 4.49. The van der Waals surface area contributed by atoms with Crippen LogP contribution in [0.5, 0.6) is 0 Å². The number of rotatable bonds is 7. The van der Waals surface area contributed by atoms with Crippen LogP contribution in [0, 0.1) is 0 Å². The molecule has 6 nitrogen and oxygen atoms in total. The van der Waals surface area contributed by atoms with Crippen LogP contribution >= 0.6 is 0 Å². The van der Waals surface area contributed by atoms with Gasteiger partial charge in [0.15, 0.2) is 9.84 Å². The van der Waals surface area contributed by atoms with Crippen molar-refractivity contribution in [1.82, 2.24) is 10.3 Å². The Morgan fingerprint density at radius 2 is 1.69 bits per heavy atom. The molecule has 0 aliphatic carbocycles. The lowest BCUT2D eigenvalue weighted by Gasteiger charge is -2.10. The number of benzene rings is 2. The van der Waals surface area contributed by atoms with Crippen molar-refractivity contribution in [3.8, 4) is 0 Å². The van der Waals surface area contributed by atoms with Crippen molar-refractivity contribution in [2.24, 2.45) is 0 Å². The van der Waals surface area contributed by atoms with E-state index in [1.54, 1.807) is 30.6 Å². The Kier molecular flexibility index (Phi) is 6.61. The average Bonchev–Trinajstić information content (AvgIpc) is 2.73. The zero-order chi connectivity index (χ0) is 20.7. The molecule has 3 aromatic rings. The molecule has 3 rings (SSSR count). The van der Waals surface area contributed by atoms with Crippen molar-refractivity contribution in [2.75, 3.05) is 5.32 Å². The Hall–Kier alpha value is -3.19. The Morgan fingerprint density at radius 3 is 2.34 bits per heavy atom. The lowest BCUT2D eigenvalue weighted by molar-refractivity contribution is 0.251. The van der Waals surface area contributed by atoms with E-state index in [4.69, 9.17) is 0 Å². The van der Waals surface area contributed by atoms with Gasteiger partial charge < -0.3 is 10.6 Å². The number of nitrogens with zero attached hydrogens (tertiary/aromatic N) is 1. The second-order valence-corrected chi connectivity index (χ2v) is 8.56. The van der Waals surface area contributed by atoms with Crippen LogP contribution in [0.25, 0.3) is 0 Å². The molecule has 0 radical (unpaired) electrons. The largest absolute Gasteiger partial charge is 0.334 e. The summed E-state index contributed by atoms with van der Waals surface area (Å²) in [6.07, 6.45) is 4.12. The molecule has 0 atom stereocenters. The number of urea groups is 1. The normalized spacial score (nSPS) is 11.1. The van der Waals surface area contributed by atoms with Crippen molar-refractivity contribution in [3.05, 3.63) is 89.7 Å². The molecule has 0 saturated heterocycles. The molecule has 0 spiro atoms. The van der Waals surface area contributed by atoms with Crippen LogP contribution in [0.2, 0.25) is 0 Å². The van der Waals surface area contributed by atoms with Gasteiger partial charge in [0.2, 0.25) is 0 Å². The standard InChI is InChI=1S/C22H23N3O3S/c1-2-18-7-3-4-8-19(18)16-29(27,28)21-11-9-20(10-12-21)25-22(26)24-15-17-6-5-13-23-14-17/h3-14H,2,15-16H2,1H3,(H2,24,25,26). The maximum absolute atomic E-state index is 12.8. The number of carbonyl (C=O) groups is 1. The molecule has 7 heteroatoms. The Bertz CT molecular complexity index is 1070. The lowest BCUT2D eigenvalue weighted by Crippen LogP contribution is -2.28. The van der Waals surface area contributed by atoms with E-state index < -0.39 is 9.84 Å². The number of amides is 2. The predicted molar refractivity (Wildman–Crippen MR) is 113 cm³/mol.